The summed E-state index contributed by atoms with van der Waals surface area (Å²) >= 11 is 0. The third kappa shape index (κ3) is 3.78. The Bertz CT molecular complexity index is 617. The van der Waals surface area contributed by atoms with Crippen molar-refractivity contribution in [3.8, 4) is 0 Å². The minimum atomic E-state index is -5.36. The van der Waals surface area contributed by atoms with E-state index in [1.807, 2.05) is 0 Å². The van der Waals surface area contributed by atoms with Gasteiger partial charge in [0.05, 0.1) is 4.90 Å². The van der Waals surface area contributed by atoms with Crippen LogP contribution >= 0.6 is 0 Å². The molecule has 0 spiro atoms. The van der Waals surface area contributed by atoms with Gasteiger partial charge in [-0.1, -0.05) is 17.7 Å². The van der Waals surface area contributed by atoms with Crippen LogP contribution in [0.2, 0.25) is 0 Å². The number of alkyl halides is 3. The van der Waals surface area contributed by atoms with Gasteiger partial charge in [-0.2, -0.15) is 21.6 Å². The first-order valence-electron chi connectivity index (χ1n) is 4.76. The molecule has 0 heterocycles. The van der Waals surface area contributed by atoms with Crippen molar-refractivity contribution in [3.05, 3.63) is 29.8 Å². The number of benzene rings is 1. The Morgan fingerprint density at radius 1 is 1.21 bits per heavy atom. The molecule has 1 N–H and O–H groups in total. The molecule has 0 aliphatic carbocycles. The van der Waals surface area contributed by atoms with Crippen LogP contribution in [0, 0.1) is 6.92 Å². The highest BCUT2D eigenvalue weighted by Crippen LogP contribution is 2.21. The molecule has 9 heteroatoms. The topological polar surface area (TPSA) is 83.8 Å². The van der Waals surface area contributed by atoms with Crippen molar-refractivity contribution in [1.29, 1.82) is 0 Å². The summed E-state index contributed by atoms with van der Waals surface area (Å²) in [5.41, 5.74) is -1.69. The van der Waals surface area contributed by atoms with Gasteiger partial charge < -0.3 is 5.11 Å². The van der Waals surface area contributed by atoms with E-state index in [1.54, 1.807) is 6.92 Å². The fourth-order valence-corrected chi connectivity index (χ4v) is 2.10. The Hall–Kier alpha value is -1.90. The number of hydrogen-bond donors (Lipinski definition) is 1. The second-order valence-corrected chi connectivity index (χ2v) is 5.14. The maximum Gasteiger partial charge on any atom is 0.441 e. The van der Waals surface area contributed by atoms with Gasteiger partial charge in [-0.25, -0.2) is 4.79 Å². The van der Waals surface area contributed by atoms with Crippen LogP contribution in [0.5, 0.6) is 0 Å². The molecule has 104 valence electrons. The van der Waals surface area contributed by atoms with Crippen LogP contribution in [0.15, 0.2) is 33.6 Å². The van der Waals surface area contributed by atoms with Gasteiger partial charge in [0.1, 0.15) is 0 Å². The lowest BCUT2D eigenvalue weighted by atomic mass is 10.2. The number of nitrogens with zero attached hydrogens (tertiary/aromatic N) is 1. The molecule has 0 saturated heterocycles. The van der Waals surface area contributed by atoms with Crippen LogP contribution in [0.4, 0.5) is 13.2 Å². The Kier molecular flexibility index (Phi) is 3.99. The predicted molar refractivity (Wildman–Crippen MR) is 59.5 cm³/mol. The largest absolute Gasteiger partial charge is 0.476 e. The van der Waals surface area contributed by atoms with E-state index in [1.165, 1.54) is 12.1 Å². The minimum absolute atomic E-state index is 0.513. The van der Waals surface area contributed by atoms with Crippen LogP contribution < -0.4 is 0 Å². The van der Waals surface area contributed by atoms with Gasteiger partial charge in [0.2, 0.25) is 5.71 Å². The summed E-state index contributed by atoms with van der Waals surface area (Å²) in [4.78, 5) is 9.88. The van der Waals surface area contributed by atoms with Crippen molar-refractivity contribution >= 4 is 21.7 Å². The lowest BCUT2D eigenvalue weighted by molar-refractivity contribution is -0.133. The van der Waals surface area contributed by atoms with Gasteiger partial charge in [-0.3, -0.25) is 0 Å². The van der Waals surface area contributed by atoms with Crippen molar-refractivity contribution in [3.63, 3.8) is 0 Å². The zero-order valence-electron chi connectivity index (χ0n) is 9.47. The second-order valence-electron chi connectivity index (χ2n) is 3.53. The van der Waals surface area contributed by atoms with Crippen molar-refractivity contribution < 1.29 is 31.5 Å². The van der Waals surface area contributed by atoms with Crippen LogP contribution in [0.25, 0.3) is 0 Å². The quantitative estimate of drug-likeness (QED) is 0.861. The smallest absolute Gasteiger partial charge is 0.441 e. The standard InChI is InChI=1S/C10H8F3NO4S/c1-6-2-4-7(5-3-6)19(17,18)14-8(9(15)16)10(11,12)13/h2-5H,1H3,(H,15,16). The fourth-order valence-electron chi connectivity index (χ4n) is 1.10. The number of aryl methyl sites for hydroxylation is 1. The van der Waals surface area contributed by atoms with Crippen LogP contribution in [0.3, 0.4) is 0 Å². The average molecular weight is 295 g/mol. The molecule has 1 aromatic rings. The number of sulfonamides is 1. The molecule has 1 rings (SSSR count). The number of hydrogen-bond acceptors (Lipinski definition) is 3. The van der Waals surface area contributed by atoms with Crippen LogP contribution in [-0.4, -0.2) is 31.4 Å². The summed E-state index contributed by atoms with van der Waals surface area (Å²) in [7, 11) is -4.72. The highest BCUT2D eigenvalue weighted by atomic mass is 32.2. The molecule has 0 saturated carbocycles. The lowest BCUT2D eigenvalue weighted by Crippen LogP contribution is -2.31. The molecule has 0 atom stereocenters. The Morgan fingerprint density at radius 2 is 1.68 bits per heavy atom. The van der Waals surface area contributed by atoms with Gasteiger partial charge >= 0.3 is 12.1 Å². The van der Waals surface area contributed by atoms with Crippen molar-refractivity contribution in [1.82, 2.24) is 0 Å². The zero-order valence-corrected chi connectivity index (χ0v) is 10.3. The van der Waals surface area contributed by atoms with E-state index < -0.39 is 32.8 Å². The van der Waals surface area contributed by atoms with Gasteiger partial charge in [-0.05, 0) is 19.1 Å². The van der Waals surface area contributed by atoms with Crippen molar-refractivity contribution in [2.75, 3.05) is 0 Å². The summed E-state index contributed by atoms with van der Waals surface area (Å²) in [6.45, 7) is 1.65. The molecule has 0 aliphatic rings. The molecule has 0 bridgehead atoms. The molecule has 0 amide bonds. The molecule has 0 unspecified atom stereocenters. The lowest BCUT2D eigenvalue weighted by Gasteiger charge is -2.06. The normalized spacial score (nSPS) is 13.4. The van der Waals surface area contributed by atoms with E-state index in [9.17, 15) is 26.4 Å². The third-order valence-corrected chi connectivity index (χ3v) is 3.29. The molecule has 0 radical (unpaired) electrons. The van der Waals surface area contributed by atoms with Gasteiger partial charge in [0, 0.05) is 0 Å². The molecular formula is C10H8F3NO4S. The first-order valence-corrected chi connectivity index (χ1v) is 6.20. The molecule has 0 aromatic heterocycles. The van der Waals surface area contributed by atoms with E-state index >= 15 is 0 Å². The second kappa shape index (κ2) is 5.00. The number of rotatable bonds is 3. The predicted octanol–water partition coefficient (Wildman–Crippen LogP) is 1.77. The van der Waals surface area contributed by atoms with E-state index in [0.29, 0.717) is 5.56 Å². The molecular weight excluding hydrogens is 287 g/mol. The van der Waals surface area contributed by atoms with Gasteiger partial charge in [0.15, 0.2) is 0 Å². The molecule has 5 nitrogen and oxygen atoms in total. The maximum absolute atomic E-state index is 12.3. The molecule has 0 aliphatic heterocycles. The first kappa shape index (κ1) is 15.2. The zero-order chi connectivity index (χ0) is 14.8. The Balaban J connectivity index is 3.35. The number of aliphatic carboxylic acids is 1. The summed E-state index contributed by atoms with van der Waals surface area (Å²) in [6.07, 6.45) is -5.36. The summed E-state index contributed by atoms with van der Waals surface area (Å²) in [5, 5.41) is 8.35. The Morgan fingerprint density at radius 3 is 2.05 bits per heavy atom. The molecule has 1 aromatic carbocycles. The highest BCUT2D eigenvalue weighted by Gasteiger charge is 2.42. The summed E-state index contributed by atoms with van der Waals surface area (Å²) in [6, 6.07) is 4.81. The fraction of sp³-hybridized carbons (Fsp3) is 0.200. The number of carboxylic acids is 1. The highest BCUT2D eigenvalue weighted by molar-refractivity contribution is 7.90. The SMILES string of the molecule is Cc1ccc(S(=O)(=O)N=C(C(=O)O)C(F)(F)F)cc1. The Labute approximate surface area is 106 Å². The maximum atomic E-state index is 12.3. The van der Waals surface area contributed by atoms with Crippen LogP contribution in [0.1, 0.15) is 5.56 Å². The summed E-state index contributed by atoms with van der Waals surface area (Å²) in [5.74, 6) is -2.46. The molecule has 0 fully saturated rings. The number of halogens is 3. The van der Waals surface area contributed by atoms with E-state index in [4.69, 9.17) is 5.11 Å². The first-order chi connectivity index (χ1) is 8.54. The van der Waals surface area contributed by atoms with E-state index in [2.05, 4.69) is 4.40 Å². The average Bonchev–Trinajstić information content (AvgIpc) is 2.24. The van der Waals surface area contributed by atoms with E-state index in [0.717, 1.165) is 12.1 Å². The van der Waals surface area contributed by atoms with E-state index in [-0.39, 0.29) is 0 Å². The van der Waals surface area contributed by atoms with Gasteiger partial charge in [0.25, 0.3) is 10.0 Å². The monoisotopic (exact) mass is 295 g/mol. The molecule has 19 heavy (non-hydrogen) atoms. The minimum Gasteiger partial charge on any atom is -0.476 e. The van der Waals surface area contributed by atoms with Gasteiger partial charge in [-0.15, -0.1) is 4.40 Å². The number of carboxylic acid groups (broad SMARTS) is 1. The van der Waals surface area contributed by atoms with Crippen molar-refractivity contribution in [2.45, 2.75) is 18.0 Å². The van der Waals surface area contributed by atoms with Crippen LogP contribution in [-0.2, 0) is 14.8 Å². The third-order valence-electron chi connectivity index (χ3n) is 2.00. The van der Waals surface area contributed by atoms with Crippen molar-refractivity contribution in [2.24, 2.45) is 4.40 Å². The number of carbonyl (C=O) groups is 1. The summed E-state index contributed by atoms with van der Waals surface area (Å²) < 4.78 is 62.4.